The van der Waals surface area contributed by atoms with Crippen molar-refractivity contribution in [2.75, 3.05) is 6.54 Å². The summed E-state index contributed by atoms with van der Waals surface area (Å²) in [5.74, 6) is 0. The van der Waals surface area contributed by atoms with Crippen LogP contribution in [-0.2, 0) is 5.41 Å². The molecule has 0 amide bonds. The normalized spacial score (nSPS) is 13.3. The molecule has 0 aliphatic heterocycles. The van der Waals surface area contributed by atoms with Gasteiger partial charge in [0.2, 0.25) is 0 Å². The van der Waals surface area contributed by atoms with Crippen LogP contribution in [0, 0.1) is 0 Å². The Hall–Kier alpha value is -0.830. The molecule has 114 valence electrons. The van der Waals surface area contributed by atoms with E-state index in [9.17, 15) is 0 Å². The number of nitrogens with one attached hydrogen (secondary N) is 1. The van der Waals surface area contributed by atoms with Gasteiger partial charge in [-0.15, -0.1) is 11.3 Å². The molecule has 1 N–H and O–H groups in total. The molecule has 0 radical (unpaired) electrons. The first-order chi connectivity index (χ1) is 10.2. The number of rotatable bonds is 7. The summed E-state index contributed by atoms with van der Waals surface area (Å²) in [6.07, 6.45) is 2.20. The molecule has 3 heteroatoms. The van der Waals surface area contributed by atoms with E-state index >= 15 is 0 Å². The first-order valence-corrected chi connectivity index (χ1v) is 8.91. The van der Waals surface area contributed by atoms with E-state index in [0.29, 0.717) is 6.04 Å². The van der Waals surface area contributed by atoms with Crippen LogP contribution in [0.2, 0.25) is 4.34 Å². The van der Waals surface area contributed by atoms with Gasteiger partial charge in [0.05, 0.1) is 10.4 Å². The van der Waals surface area contributed by atoms with Crippen molar-refractivity contribution in [1.29, 1.82) is 0 Å². The number of hydrogen-bond donors (Lipinski definition) is 1. The lowest BCUT2D eigenvalue weighted by Gasteiger charge is -2.40. The minimum Gasteiger partial charge on any atom is -0.309 e. The van der Waals surface area contributed by atoms with Crippen LogP contribution >= 0.6 is 22.9 Å². The number of halogens is 1. The van der Waals surface area contributed by atoms with Crippen LogP contribution in [0.15, 0.2) is 42.5 Å². The lowest BCUT2D eigenvalue weighted by Crippen LogP contribution is -2.40. The van der Waals surface area contributed by atoms with Crippen LogP contribution in [0.25, 0.3) is 0 Å². The van der Waals surface area contributed by atoms with E-state index < -0.39 is 0 Å². The van der Waals surface area contributed by atoms with Crippen LogP contribution in [-0.4, -0.2) is 6.54 Å². The molecule has 21 heavy (non-hydrogen) atoms. The molecule has 0 fully saturated rings. The maximum absolute atomic E-state index is 6.18. The van der Waals surface area contributed by atoms with Crippen LogP contribution in [0.5, 0.6) is 0 Å². The van der Waals surface area contributed by atoms with Gasteiger partial charge in [-0.1, -0.05) is 62.7 Å². The fraction of sp³-hybridized carbons (Fsp3) is 0.444. The number of benzene rings is 1. The van der Waals surface area contributed by atoms with Gasteiger partial charge in [0.25, 0.3) is 0 Å². The largest absolute Gasteiger partial charge is 0.309 e. The maximum Gasteiger partial charge on any atom is 0.0931 e. The van der Waals surface area contributed by atoms with Crippen molar-refractivity contribution in [2.45, 2.75) is 45.1 Å². The minimum atomic E-state index is 0.103. The van der Waals surface area contributed by atoms with Gasteiger partial charge in [-0.2, -0.15) is 0 Å². The molecule has 1 atom stereocenters. The van der Waals surface area contributed by atoms with E-state index in [2.05, 4.69) is 62.5 Å². The van der Waals surface area contributed by atoms with Gasteiger partial charge in [0.1, 0.15) is 0 Å². The highest BCUT2D eigenvalue weighted by atomic mass is 35.5. The number of hydrogen-bond acceptors (Lipinski definition) is 2. The molecule has 0 saturated heterocycles. The molecule has 1 unspecified atom stereocenters. The SMILES string of the molecule is CCNC(c1ccc(Cl)s1)C(CC)(CC)c1ccccc1. The zero-order chi connectivity index (χ0) is 15.3. The van der Waals surface area contributed by atoms with E-state index in [0.717, 1.165) is 23.7 Å². The molecule has 1 heterocycles. The predicted molar refractivity (Wildman–Crippen MR) is 94.4 cm³/mol. The van der Waals surface area contributed by atoms with Crippen LogP contribution in [0.1, 0.15) is 50.1 Å². The summed E-state index contributed by atoms with van der Waals surface area (Å²) in [4.78, 5) is 1.33. The lowest BCUT2D eigenvalue weighted by molar-refractivity contribution is 0.281. The highest BCUT2D eigenvalue weighted by Gasteiger charge is 2.38. The highest BCUT2D eigenvalue weighted by molar-refractivity contribution is 7.16. The van der Waals surface area contributed by atoms with Gasteiger partial charge in [0.15, 0.2) is 0 Å². The molecule has 2 rings (SSSR count). The molecule has 1 aromatic carbocycles. The van der Waals surface area contributed by atoms with E-state index in [-0.39, 0.29) is 5.41 Å². The summed E-state index contributed by atoms with van der Waals surface area (Å²) in [5.41, 5.74) is 1.51. The van der Waals surface area contributed by atoms with Gasteiger partial charge in [-0.3, -0.25) is 0 Å². The Morgan fingerprint density at radius 3 is 2.19 bits per heavy atom. The summed E-state index contributed by atoms with van der Waals surface area (Å²) in [6.45, 7) is 7.70. The maximum atomic E-state index is 6.18. The van der Waals surface area contributed by atoms with Crippen molar-refractivity contribution in [1.82, 2.24) is 5.32 Å². The lowest BCUT2D eigenvalue weighted by atomic mass is 9.69. The topological polar surface area (TPSA) is 12.0 Å². The smallest absolute Gasteiger partial charge is 0.0931 e. The molecule has 1 nitrogen and oxygen atoms in total. The van der Waals surface area contributed by atoms with Gasteiger partial charge in [0, 0.05) is 10.3 Å². The van der Waals surface area contributed by atoms with Crippen molar-refractivity contribution < 1.29 is 0 Å². The third-order valence-corrected chi connectivity index (χ3v) is 5.75. The Balaban J connectivity index is 2.51. The van der Waals surface area contributed by atoms with E-state index in [1.807, 2.05) is 6.07 Å². The quantitative estimate of drug-likeness (QED) is 0.678. The van der Waals surface area contributed by atoms with E-state index in [4.69, 9.17) is 11.6 Å². The number of thiophene rings is 1. The van der Waals surface area contributed by atoms with Crippen molar-refractivity contribution >= 4 is 22.9 Å². The second-order valence-electron chi connectivity index (χ2n) is 5.36. The molecule has 1 aromatic heterocycles. The Morgan fingerprint density at radius 2 is 1.71 bits per heavy atom. The molecular formula is C18H24ClNS. The van der Waals surface area contributed by atoms with Crippen LogP contribution < -0.4 is 5.32 Å². The second kappa shape index (κ2) is 7.44. The van der Waals surface area contributed by atoms with Crippen LogP contribution in [0.4, 0.5) is 0 Å². The van der Waals surface area contributed by atoms with Crippen LogP contribution in [0.3, 0.4) is 0 Å². The summed E-state index contributed by atoms with van der Waals surface area (Å²) < 4.78 is 0.863. The van der Waals surface area contributed by atoms with Crippen molar-refractivity contribution in [2.24, 2.45) is 0 Å². The first-order valence-electron chi connectivity index (χ1n) is 7.72. The molecule has 0 bridgehead atoms. The Bertz CT molecular complexity index is 545. The Kier molecular flexibility index (Phi) is 5.86. The summed E-state index contributed by atoms with van der Waals surface area (Å²) in [7, 11) is 0. The van der Waals surface area contributed by atoms with Gasteiger partial charge < -0.3 is 5.32 Å². The molecule has 0 aliphatic rings. The first kappa shape index (κ1) is 16.5. The zero-order valence-corrected chi connectivity index (χ0v) is 14.6. The van der Waals surface area contributed by atoms with Crippen molar-refractivity contribution in [3.63, 3.8) is 0 Å². The third-order valence-electron chi connectivity index (χ3n) is 4.45. The molecule has 2 aromatic rings. The predicted octanol–water partition coefficient (Wildman–Crippen LogP) is 5.81. The average molecular weight is 322 g/mol. The average Bonchev–Trinajstić information content (AvgIpc) is 2.95. The number of likely N-dealkylation sites (N-methyl/N-ethyl adjacent to an activating group) is 1. The molecule has 0 spiro atoms. The Labute approximate surface area is 137 Å². The van der Waals surface area contributed by atoms with E-state index in [1.165, 1.54) is 10.4 Å². The fourth-order valence-corrected chi connectivity index (χ4v) is 4.51. The molecule has 0 saturated carbocycles. The highest BCUT2D eigenvalue weighted by Crippen LogP contribution is 2.45. The van der Waals surface area contributed by atoms with Gasteiger partial charge in [-0.05, 0) is 37.1 Å². The monoisotopic (exact) mass is 321 g/mol. The minimum absolute atomic E-state index is 0.103. The third kappa shape index (κ3) is 3.33. The molecule has 0 aliphatic carbocycles. The summed E-state index contributed by atoms with van der Waals surface area (Å²) in [5, 5.41) is 3.71. The van der Waals surface area contributed by atoms with Gasteiger partial charge in [-0.25, -0.2) is 0 Å². The molecular weight excluding hydrogens is 298 g/mol. The van der Waals surface area contributed by atoms with Crippen molar-refractivity contribution in [3.05, 3.63) is 57.2 Å². The van der Waals surface area contributed by atoms with Gasteiger partial charge >= 0.3 is 0 Å². The zero-order valence-electron chi connectivity index (χ0n) is 13.0. The second-order valence-corrected chi connectivity index (χ2v) is 7.11. The standard InChI is InChI=1S/C18H24ClNS/c1-4-18(5-2,14-10-8-7-9-11-14)17(20-6-3)15-12-13-16(19)21-15/h7-13,17,20H,4-6H2,1-3H3. The fourth-order valence-electron chi connectivity index (χ4n) is 3.26. The summed E-state index contributed by atoms with van der Waals surface area (Å²) in [6, 6.07) is 15.4. The summed E-state index contributed by atoms with van der Waals surface area (Å²) >= 11 is 7.87. The van der Waals surface area contributed by atoms with Crippen molar-refractivity contribution in [3.8, 4) is 0 Å². The van der Waals surface area contributed by atoms with E-state index in [1.54, 1.807) is 11.3 Å². The Morgan fingerprint density at radius 1 is 1.05 bits per heavy atom.